The quantitative estimate of drug-likeness (QED) is 0.882. The summed E-state index contributed by atoms with van der Waals surface area (Å²) in [6.45, 7) is 6.90. The molecule has 1 aromatic heterocycles. The van der Waals surface area contributed by atoms with Gasteiger partial charge in [-0.3, -0.25) is 9.69 Å². The Bertz CT molecular complexity index is 748. The smallest absolute Gasteiger partial charge is 0.327 e. The van der Waals surface area contributed by atoms with Gasteiger partial charge in [-0.1, -0.05) is 0 Å². The minimum atomic E-state index is -0.738. The average Bonchev–Trinajstić information content (AvgIpc) is 2.98. The molecule has 0 spiro atoms. The molecule has 1 aliphatic rings. The molecule has 5 nitrogen and oxygen atoms in total. The van der Waals surface area contributed by atoms with Gasteiger partial charge in [0.2, 0.25) is 0 Å². The third-order valence-electron chi connectivity index (χ3n) is 4.66. The Morgan fingerprint density at radius 1 is 1.36 bits per heavy atom. The molecule has 118 valence electrons. The molecule has 1 atom stereocenters. The Kier molecular flexibility index (Phi) is 3.70. The van der Waals surface area contributed by atoms with Gasteiger partial charge in [0, 0.05) is 41.8 Å². The molecule has 2 aromatic rings. The number of methoxy groups -OCH3 is 1. The fraction of sp³-hybridized carbons (Fsp3) is 0.471. The number of rotatable bonds is 3. The molecule has 0 aliphatic carbocycles. The van der Waals surface area contributed by atoms with Crippen LogP contribution in [0.5, 0.6) is 0 Å². The number of aromatic nitrogens is 1. The highest BCUT2D eigenvalue weighted by Gasteiger charge is 2.27. The molecular weight excluding hydrogens is 278 g/mol. The highest BCUT2D eigenvalue weighted by Crippen LogP contribution is 2.35. The van der Waals surface area contributed by atoms with Crippen LogP contribution in [0.15, 0.2) is 12.1 Å². The molecule has 5 heteroatoms. The number of ether oxygens (including phenoxy) is 1. The summed E-state index contributed by atoms with van der Waals surface area (Å²) in [7, 11) is 3.49. The molecule has 0 saturated carbocycles. The Labute approximate surface area is 130 Å². The van der Waals surface area contributed by atoms with Gasteiger partial charge in [0.15, 0.2) is 0 Å². The third-order valence-corrected chi connectivity index (χ3v) is 4.66. The van der Waals surface area contributed by atoms with E-state index in [-0.39, 0.29) is 0 Å². The standard InChI is InChI=1S/C17H23N3O2/c1-5-20-10(2)15(16(18)17(21)22-4)13-6-11-8-19(3)9-12(11)7-14(13)20/h6-7,16H,5,8-9,18H2,1-4H3. The molecule has 0 bridgehead atoms. The van der Waals surface area contributed by atoms with E-state index in [9.17, 15) is 4.79 Å². The zero-order chi connectivity index (χ0) is 16.0. The monoisotopic (exact) mass is 301 g/mol. The molecular formula is C17H23N3O2. The number of nitrogens with zero attached hydrogens (tertiary/aromatic N) is 2. The number of fused-ring (bicyclic) bond motifs is 2. The Morgan fingerprint density at radius 3 is 2.59 bits per heavy atom. The van der Waals surface area contributed by atoms with Crippen LogP contribution in [-0.4, -0.2) is 29.6 Å². The molecule has 2 heterocycles. The van der Waals surface area contributed by atoms with Gasteiger partial charge in [-0.05, 0) is 44.2 Å². The van der Waals surface area contributed by atoms with E-state index in [0.29, 0.717) is 0 Å². The van der Waals surface area contributed by atoms with Crippen molar-refractivity contribution in [2.24, 2.45) is 5.73 Å². The van der Waals surface area contributed by atoms with Crippen molar-refractivity contribution in [2.75, 3.05) is 14.2 Å². The van der Waals surface area contributed by atoms with Crippen molar-refractivity contribution >= 4 is 16.9 Å². The summed E-state index contributed by atoms with van der Waals surface area (Å²) in [5, 5.41) is 1.08. The maximum atomic E-state index is 11.9. The Balaban J connectivity index is 2.26. The fourth-order valence-corrected chi connectivity index (χ4v) is 3.61. The SMILES string of the molecule is CCn1c(C)c(C(N)C(=O)OC)c2cc3c(cc21)CN(C)C3. The number of carbonyl (C=O) groups is 1. The normalized spacial score (nSPS) is 16.0. The summed E-state index contributed by atoms with van der Waals surface area (Å²) in [4.78, 5) is 14.2. The Hall–Kier alpha value is -1.85. The van der Waals surface area contributed by atoms with Gasteiger partial charge >= 0.3 is 5.97 Å². The summed E-state index contributed by atoms with van der Waals surface area (Å²) in [5.41, 5.74) is 11.9. The lowest BCUT2D eigenvalue weighted by Gasteiger charge is -2.11. The fourth-order valence-electron chi connectivity index (χ4n) is 3.61. The second-order valence-electron chi connectivity index (χ2n) is 6.05. The molecule has 0 saturated heterocycles. The zero-order valence-corrected chi connectivity index (χ0v) is 13.6. The van der Waals surface area contributed by atoms with Crippen molar-refractivity contribution < 1.29 is 9.53 Å². The zero-order valence-electron chi connectivity index (χ0n) is 13.6. The van der Waals surface area contributed by atoms with E-state index >= 15 is 0 Å². The number of nitrogens with two attached hydrogens (primary N) is 1. The van der Waals surface area contributed by atoms with Gasteiger partial charge in [-0.15, -0.1) is 0 Å². The lowest BCUT2D eigenvalue weighted by atomic mass is 10.0. The summed E-state index contributed by atoms with van der Waals surface area (Å²) < 4.78 is 7.07. The van der Waals surface area contributed by atoms with E-state index in [4.69, 9.17) is 10.5 Å². The molecule has 0 fully saturated rings. The largest absolute Gasteiger partial charge is 0.468 e. The van der Waals surface area contributed by atoms with Gasteiger partial charge < -0.3 is 15.0 Å². The average molecular weight is 301 g/mol. The second kappa shape index (κ2) is 5.41. The first kappa shape index (κ1) is 15.1. The topological polar surface area (TPSA) is 60.5 Å². The number of benzene rings is 1. The number of hydrogen-bond acceptors (Lipinski definition) is 4. The van der Waals surface area contributed by atoms with E-state index in [2.05, 4.69) is 35.6 Å². The van der Waals surface area contributed by atoms with Crippen molar-refractivity contribution in [3.63, 3.8) is 0 Å². The predicted octanol–water partition coefficient (Wildman–Crippen LogP) is 2.09. The molecule has 22 heavy (non-hydrogen) atoms. The lowest BCUT2D eigenvalue weighted by molar-refractivity contribution is -0.142. The maximum Gasteiger partial charge on any atom is 0.327 e. The van der Waals surface area contributed by atoms with E-state index in [0.717, 1.165) is 41.8 Å². The van der Waals surface area contributed by atoms with Crippen molar-refractivity contribution in [1.82, 2.24) is 9.47 Å². The predicted molar refractivity (Wildman–Crippen MR) is 86.5 cm³/mol. The summed E-state index contributed by atoms with van der Waals surface area (Å²) in [5.74, 6) is -0.393. The van der Waals surface area contributed by atoms with Crippen LogP contribution in [0.4, 0.5) is 0 Å². The highest BCUT2D eigenvalue weighted by molar-refractivity contribution is 5.92. The molecule has 0 amide bonds. The van der Waals surface area contributed by atoms with Gasteiger partial charge in [0.25, 0.3) is 0 Å². The van der Waals surface area contributed by atoms with Gasteiger partial charge in [-0.2, -0.15) is 0 Å². The maximum absolute atomic E-state index is 11.9. The van der Waals surface area contributed by atoms with Crippen LogP contribution >= 0.6 is 0 Å². The van der Waals surface area contributed by atoms with Crippen LogP contribution in [0.2, 0.25) is 0 Å². The van der Waals surface area contributed by atoms with Gasteiger partial charge in [-0.25, -0.2) is 0 Å². The number of esters is 1. The summed E-state index contributed by atoms with van der Waals surface area (Å²) >= 11 is 0. The molecule has 1 aromatic carbocycles. The van der Waals surface area contributed by atoms with Gasteiger partial charge in [0.05, 0.1) is 7.11 Å². The van der Waals surface area contributed by atoms with Crippen molar-refractivity contribution in [3.8, 4) is 0 Å². The third kappa shape index (κ3) is 2.12. The van der Waals surface area contributed by atoms with Crippen LogP contribution in [0.3, 0.4) is 0 Å². The van der Waals surface area contributed by atoms with Crippen LogP contribution in [0, 0.1) is 6.92 Å². The van der Waals surface area contributed by atoms with Crippen LogP contribution in [-0.2, 0) is 29.2 Å². The molecule has 1 unspecified atom stereocenters. The minimum absolute atomic E-state index is 0.393. The molecule has 0 radical (unpaired) electrons. The first-order valence-corrected chi connectivity index (χ1v) is 7.64. The molecule has 2 N–H and O–H groups in total. The number of carbonyl (C=O) groups excluding carboxylic acids is 1. The second-order valence-corrected chi connectivity index (χ2v) is 6.05. The molecule has 3 rings (SSSR count). The van der Waals surface area contributed by atoms with Crippen molar-refractivity contribution in [1.29, 1.82) is 0 Å². The Morgan fingerprint density at radius 2 is 2.00 bits per heavy atom. The van der Waals surface area contributed by atoms with Crippen molar-refractivity contribution in [2.45, 2.75) is 39.5 Å². The lowest BCUT2D eigenvalue weighted by Crippen LogP contribution is -2.23. The van der Waals surface area contributed by atoms with Crippen molar-refractivity contribution in [3.05, 3.63) is 34.5 Å². The van der Waals surface area contributed by atoms with Crippen LogP contribution in [0.25, 0.3) is 10.9 Å². The first-order valence-electron chi connectivity index (χ1n) is 7.64. The summed E-state index contributed by atoms with van der Waals surface area (Å²) in [6, 6.07) is 3.71. The van der Waals surface area contributed by atoms with Crippen LogP contribution < -0.4 is 5.73 Å². The highest BCUT2D eigenvalue weighted by atomic mass is 16.5. The first-order chi connectivity index (χ1) is 10.5. The number of hydrogen-bond donors (Lipinski definition) is 1. The van der Waals surface area contributed by atoms with E-state index in [1.807, 2.05) is 6.92 Å². The van der Waals surface area contributed by atoms with Crippen LogP contribution in [0.1, 0.15) is 35.3 Å². The van der Waals surface area contributed by atoms with E-state index in [1.165, 1.54) is 18.2 Å². The van der Waals surface area contributed by atoms with E-state index in [1.54, 1.807) is 0 Å². The number of aryl methyl sites for hydroxylation is 1. The van der Waals surface area contributed by atoms with Gasteiger partial charge in [0.1, 0.15) is 6.04 Å². The van der Waals surface area contributed by atoms with E-state index < -0.39 is 12.0 Å². The summed E-state index contributed by atoms with van der Waals surface area (Å²) in [6.07, 6.45) is 0. The minimum Gasteiger partial charge on any atom is -0.468 e. The molecule has 1 aliphatic heterocycles.